The third-order valence-corrected chi connectivity index (χ3v) is 5.42. The molecule has 0 spiro atoms. The molecule has 2 aliphatic rings. The van der Waals surface area contributed by atoms with Crippen molar-refractivity contribution < 1.29 is 28.1 Å². The minimum Gasteiger partial charge on any atom is -0.423 e. The predicted molar refractivity (Wildman–Crippen MR) is 135 cm³/mol. The Morgan fingerprint density at radius 3 is 1.42 bits per heavy atom. The van der Waals surface area contributed by atoms with Gasteiger partial charge in [0, 0.05) is 24.8 Å². The Morgan fingerprint density at radius 2 is 1.03 bits per heavy atom. The number of hydrogen-bond acceptors (Lipinski definition) is 6. The van der Waals surface area contributed by atoms with Crippen LogP contribution in [0.2, 0.25) is 0 Å². The van der Waals surface area contributed by atoms with Crippen molar-refractivity contribution in [3.05, 3.63) is 119 Å². The summed E-state index contributed by atoms with van der Waals surface area (Å²) in [7, 11) is -1.74. The van der Waals surface area contributed by atoms with Gasteiger partial charge in [-0.25, -0.2) is 8.78 Å². The van der Waals surface area contributed by atoms with Crippen molar-refractivity contribution >= 4 is 37.3 Å². The first kappa shape index (κ1) is 25.4. The van der Waals surface area contributed by atoms with E-state index in [0.717, 1.165) is 22.3 Å². The number of hydrogen-bond donors (Lipinski definition) is 2. The highest BCUT2D eigenvalue weighted by atomic mass is 19.1. The van der Waals surface area contributed by atoms with Gasteiger partial charge in [0.05, 0.1) is 13.2 Å². The third kappa shape index (κ3) is 6.93. The Bertz CT molecular complexity index is 1210. The average Bonchev–Trinajstić information content (AvgIpc) is 3.46. The normalized spacial score (nSPS) is 13.4. The second-order valence-corrected chi connectivity index (χ2v) is 7.91. The highest BCUT2D eigenvalue weighted by Gasteiger charge is 2.27. The van der Waals surface area contributed by atoms with E-state index in [1.165, 1.54) is 24.3 Å². The van der Waals surface area contributed by atoms with Gasteiger partial charge in [-0.1, -0.05) is 24.3 Å². The molecule has 6 rings (SSSR count). The van der Waals surface area contributed by atoms with Crippen LogP contribution in [0.1, 0.15) is 22.3 Å². The molecule has 0 saturated carbocycles. The number of pyridine rings is 2. The lowest BCUT2D eigenvalue weighted by Gasteiger charge is -1.95. The standard InChI is InChI=1S/C12H10N2.2C7H6BFO2/c1(11-3-7-13-8-4-11)2-12-5-9-14-10-6-12;2*9-6-1-2-7-5(3-6)4-11-8(7)10/h1-10H;2*1-3,10H,4H2/b2-1+;;. The van der Waals surface area contributed by atoms with Crippen LogP contribution in [0, 0.1) is 11.6 Å². The number of halogens is 2. The summed E-state index contributed by atoms with van der Waals surface area (Å²) >= 11 is 0. The quantitative estimate of drug-likeness (QED) is 0.425. The number of aromatic nitrogens is 2. The molecule has 0 saturated heterocycles. The van der Waals surface area contributed by atoms with Crippen LogP contribution in [0.4, 0.5) is 8.78 Å². The summed E-state index contributed by atoms with van der Waals surface area (Å²) in [6.07, 6.45) is 11.2. The average molecular weight is 486 g/mol. The van der Waals surface area contributed by atoms with Crippen LogP contribution in [0.3, 0.4) is 0 Å². The molecule has 180 valence electrons. The molecule has 0 fully saturated rings. The number of fused-ring (bicyclic) bond motifs is 2. The lowest BCUT2D eigenvalue weighted by molar-refractivity contribution is 0.274. The number of rotatable bonds is 2. The summed E-state index contributed by atoms with van der Waals surface area (Å²) in [4.78, 5) is 7.91. The minimum atomic E-state index is -0.870. The number of benzene rings is 2. The molecule has 2 N–H and O–H groups in total. The van der Waals surface area contributed by atoms with Crippen molar-refractivity contribution in [2.75, 3.05) is 0 Å². The zero-order chi connectivity index (χ0) is 25.3. The Morgan fingerprint density at radius 1 is 0.639 bits per heavy atom. The van der Waals surface area contributed by atoms with E-state index in [2.05, 4.69) is 22.1 Å². The minimum absolute atomic E-state index is 0.290. The third-order valence-electron chi connectivity index (χ3n) is 5.42. The van der Waals surface area contributed by atoms with Gasteiger partial charge in [0.2, 0.25) is 0 Å². The van der Waals surface area contributed by atoms with Gasteiger partial charge in [0.1, 0.15) is 11.6 Å². The van der Waals surface area contributed by atoms with E-state index in [9.17, 15) is 8.78 Å². The van der Waals surface area contributed by atoms with Crippen molar-refractivity contribution in [2.45, 2.75) is 13.2 Å². The second-order valence-electron chi connectivity index (χ2n) is 7.91. The molecular weight excluding hydrogens is 464 g/mol. The molecule has 4 aromatic rings. The maximum absolute atomic E-state index is 12.6. The largest absolute Gasteiger partial charge is 0.491 e. The van der Waals surface area contributed by atoms with Crippen molar-refractivity contribution in [3.63, 3.8) is 0 Å². The summed E-state index contributed by atoms with van der Waals surface area (Å²) in [5.41, 5.74) is 5.11. The fourth-order valence-corrected chi connectivity index (χ4v) is 3.54. The molecule has 2 aromatic heterocycles. The van der Waals surface area contributed by atoms with Gasteiger partial charge >= 0.3 is 14.2 Å². The molecular formula is C26H22B2F2N2O4. The summed E-state index contributed by atoms with van der Waals surface area (Å²) < 4.78 is 34.8. The van der Waals surface area contributed by atoms with E-state index in [-0.39, 0.29) is 11.6 Å². The number of nitrogens with zero attached hydrogens (tertiary/aromatic N) is 2. The van der Waals surface area contributed by atoms with Crippen LogP contribution in [0.25, 0.3) is 12.2 Å². The molecule has 0 amide bonds. The van der Waals surface area contributed by atoms with Gasteiger partial charge in [-0.2, -0.15) is 0 Å². The monoisotopic (exact) mass is 486 g/mol. The zero-order valence-electron chi connectivity index (χ0n) is 19.2. The fourth-order valence-electron chi connectivity index (χ4n) is 3.54. The second kappa shape index (κ2) is 12.3. The first-order valence-corrected chi connectivity index (χ1v) is 11.1. The van der Waals surface area contributed by atoms with Crippen LogP contribution in [0.15, 0.2) is 85.5 Å². The Hall–Kier alpha value is -3.69. The molecule has 0 radical (unpaired) electrons. The molecule has 10 heteroatoms. The summed E-state index contributed by atoms with van der Waals surface area (Å²) in [6.45, 7) is 0.600. The van der Waals surface area contributed by atoms with Gasteiger partial charge in [-0.05, 0) is 81.7 Å². The molecule has 6 nitrogen and oxygen atoms in total. The molecule has 0 atom stereocenters. The Labute approximate surface area is 208 Å². The van der Waals surface area contributed by atoms with Gasteiger partial charge in [0.15, 0.2) is 0 Å². The van der Waals surface area contributed by atoms with E-state index in [1.54, 1.807) is 36.9 Å². The highest BCUT2D eigenvalue weighted by molar-refractivity contribution is 6.61. The van der Waals surface area contributed by atoms with Crippen molar-refractivity contribution in [1.29, 1.82) is 0 Å². The van der Waals surface area contributed by atoms with E-state index in [1.807, 2.05) is 24.3 Å². The molecule has 4 heterocycles. The molecule has 0 unspecified atom stereocenters. The summed E-state index contributed by atoms with van der Waals surface area (Å²) in [5, 5.41) is 18.3. The van der Waals surface area contributed by atoms with E-state index in [4.69, 9.17) is 19.4 Å². The first-order valence-electron chi connectivity index (χ1n) is 11.1. The van der Waals surface area contributed by atoms with Gasteiger partial charge in [-0.3, -0.25) is 9.97 Å². The van der Waals surface area contributed by atoms with E-state index in [0.29, 0.717) is 24.1 Å². The van der Waals surface area contributed by atoms with E-state index >= 15 is 0 Å². The fraction of sp³-hybridized carbons (Fsp3) is 0.0769. The van der Waals surface area contributed by atoms with Gasteiger partial charge < -0.3 is 19.4 Å². The molecule has 0 aliphatic carbocycles. The van der Waals surface area contributed by atoms with Crippen molar-refractivity contribution in [1.82, 2.24) is 9.97 Å². The first-order chi connectivity index (χ1) is 17.5. The van der Waals surface area contributed by atoms with Crippen LogP contribution >= 0.6 is 0 Å². The van der Waals surface area contributed by atoms with Crippen molar-refractivity contribution in [3.8, 4) is 0 Å². The smallest absolute Gasteiger partial charge is 0.423 e. The Balaban J connectivity index is 0.000000128. The lowest BCUT2D eigenvalue weighted by atomic mass is 9.80. The van der Waals surface area contributed by atoms with Crippen LogP contribution in [-0.2, 0) is 22.5 Å². The maximum atomic E-state index is 12.6. The molecule has 2 aliphatic heterocycles. The lowest BCUT2D eigenvalue weighted by Crippen LogP contribution is -2.27. The molecule has 2 aromatic carbocycles. The van der Waals surface area contributed by atoms with Crippen LogP contribution in [0.5, 0.6) is 0 Å². The molecule has 0 bridgehead atoms. The van der Waals surface area contributed by atoms with Gasteiger partial charge in [-0.15, -0.1) is 0 Å². The van der Waals surface area contributed by atoms with Crippen LogP contribution < -0.4 is 10.9 Å². The SMILES string of the molecule is C(=C\c1ccncc1)/c1ccncc1.OB1OCc2cc(F)ccc21.OB1OCc2cc(F)ccc21. The summed E-state index contributed by atoms with van der Waals surface area (Å²) in [6, 6.07) is 16.4. The van der Waals surface area contributed by atoms with Gasteiger partial charge in [0.25, 0.3) is 0 Å². The summed E-state index contributed by atoms with van der Waals surface area (Å²) in [5.74, 6) is -0.581. The molecule has 36 heavy (non-hydrogen) atoms. The van der Waals surface area contributed by atoms with E-state index < -0.39 is 14.2 Å². The van der Waals surface area contributed by atoms with Crippen molar-refractivity contribution in [2.24, 2.45) is 0 Å². The predicted octanol–water partition coefficient (Wildman–Crippen LogP) is 2.73. The topological polar surface area (TPSA) is 84.7 Å². The van der Waals surface area contributed by atoms with Crippen LogP contribution in [-0.4, -0.2) is 34.3 Å². The maximum Gasteiger partial charge on any atom is 0.491 e. The highest BCUT2D eigenvalue weighted by Crippen LogP contribution is 2.11. The Kier molecular flexibility index (Phi) is 8.70. The zero-order valence-corrected chi connectivity index (χ0v) is 19.2.